The van der Waals surface area contributed by atoms with Crippen LogP contribution < -0.4 is 15.4 Å². The first-order valence-electron chi connectivity index (χ1n) is 8.12. The highest BCUT2D eigenvalue weighted by Gasteiger charge is 2.23. The number of benzene rings is 2. The molecule has 1 heterocycles. The quantitative estimate of drug-likeness (QED) is 0.807. The van der Waals surface area contributed by atoms with E-state index in [1.54, 1.807) is 36.9 Å². The Bertz CT molecular complexity index is 820. The van der Waals surface area contributed by atoms with Gasteiger partial charge in [0.25, 0.3) is 11.8 Å². The van der Waals surface area contributed by atoms with Gasteiger partial charge in [0.05, 0.1) is 11.3 Å². The SMILES string of the molecule is CC(C)Sc1ccccc1C(=O)Nc1ccc2c(c1)NC(=O)C(C)O2. The minimum atomic E-state index is -0.520. The van der Waals surface area contributed by atoms with Gasteiger partial charge in [0.15, 0.2) is 6.10 Å². The van der Waals surface area contributed by atoms with Gasteiger partial charge < -0.3 is 15.4 Å². The third-order valence-corrected chi connectivity index (χ3v) is 4.74. The van der Waals surface area contributed by atoms with Crippen LogP contribution in [0.5, 0.6) is 5.75 Å². The maximum absolute atomic E-state index is 12.7. The second kappa shape index (κ2) is 7.19. The summed E-state index contributed by atoms with van der Waals surface area (Å²) < 4.78 is 5.52. The molecule has 0 aromatic heterocycles. The van der Waals surface area contributed by atoms with E-state index >= 15 is 0 Å². The van der Waals surface area contributed by atoms with Crippen LogP contribution in [0, 0.1) is 0 Å². The first-order valence-corrected chi connectivity index (χ1v) is 9.00. The summed E-state index contributed by atoms with van der Waals surface area (Å²) in [5.74, 6) is 0.218. The Hall–Kier alpha value is -2.47. The van der Waals surface area contributed by atoms with E-state index < -0.39 is 6.10 Å². The number of thioether (sulfide) groups is 1. The molecule has 25 heavy (non-hydrogen) atoms. The molecule has 1 aliphatic rings. The second-order valence-electron chi connectivity index (χ2n) is 6.08. The molecule has 130 valence electrons. The first-order chi connectivity index (χ1) is 11.9. The van der Waals surface area contributed by atoms with Gasteiger partial charge >= 0.3 is 0 Å². The van der Waals surface area contributed by atoms with Gasteiger partial charge in [-0.3, -0.25) is 9.59 Å². The Labute approximate surface area is 151 Å². The molecule has 1 atom stereocenters. The molecule has 0 bridgehead atoms. The molecule has 5 nitrogen and oxygen atoms in total. The average Bonchev–Trinajstić information content (AvgIpc) is 2.56. The fourth-order valence-electron chi connectivity index (χ4n) is 2.50. The highest BCUT2D eigenvalue weighted by molar-refractivity contribution is 8.00. The number of amides is 2. The lowest BCUT2D eigenvalue weighted by Crippen LogP contribution is -2.34. The van der Waals surface area contributed by atoms with Crippen molar-refractivity contribution in [3.63, 3.8) is 0 Å². The largest absolute Gasteiger partial charge is 0.479 e. The topological polar surface area (TPSA) is 67.4 Å². The Kier molecular flexibility index (Phi) is 4.99. The average molecular weight is 356 g/mol. The number of rotatable bonds is 4. The van der Waals surface area contributed by atoms with Crippen LogP contribution in [0.4, 0.5) is 11.4 Å². The summed E-state index contributed by atoms with van der Waals surface area (Å²) in [6, 6.07) is 12.7. The van der Waals surface area contributed by atoms with Crippen LogP contribution in [0.3, 0.4) is 0 Å². The highest BCUT2D eigenvalue weighted by atomic mass is 32.2. The van der Waals surface area contributed by atoms with E-state index in [9.17, 15) is 9.59 Å². The smallest absolute Gasteiger partial charge is 0.265 e. The number of carbonyl (C=O) groups is 2. The summed E-state index contributed by atoms with van der Waals surface area (Å²) in [5, 5.41) is 6.05. The number of hydrogen-bond acceptors (Lipinski definition) is 4. The summed E-state index contributed by atoms with van der Waals surface area (Å²) in [6.07, 6.45) is -0.520. The van der Waals surface area contributed by atoms with Gasteiger partial charge in [0, 0.05) is 15.8 Å². The van der Waals surface area contributed by atoms with E-state index in [4.69, 9.17) is 4.74 Å². The Morgan fingerprint density at radius 3 is 2.76 bits per heavy atom. The standard InChI is InChI=1S/C19H20N2O3S/c1-11(2)25-17-7-5-4-6-14(17)19(23)20-13-8-9-16-15(10-13)21-18(22)12(3)24-16/h4-12H,1-3H3,(H,20,23)(H,21,22). The third kappa shape index (κ3) is 3.96. The number of carbonyl (C=O) groups excluding carboxylic acids is 2. The summed E-state index contributed by atoms with van der Waals surface area (Å²) in [6.45, 7) is 5.87. The summed E-state index contributed by atoms with van der Waals surface area (Å²) in [5.41, 5.74) is 1.80. The van der Waals surface area contributed by atoms with Gasteiger partial charge in [0.2, 0.25) is 0 Å². The molecule has 6 heteroatoms. The lowest BCUT2D eigenvalue weighted by atomic mass is 10.2. The summed E-state index contributed by atoms with van der Waals surface area (Å²) in [7, 11) is 0. The van der Waals surface area contributed by atoms with Crippen LogP contribution in [-0.2, 0) is 4.79 Å². The molecule has 0 aliphatic carbocycles. The molecule has 2 N–H and O–H groups in total. The monoisotopic (exact) mass is 356 g/mol. The molecule has 1 unspecified atom stereocenters. The molecule has 0 radical (unpaired) electrons. The fourth-order valence-corrected chi connectivity index (χ4v) is 3.45. The Balaban J connectivity index is 1.81. The van der Waals surface area contributed by atoms with Gasteiger partial charge in [-0.2, -0.15) is 0 Å². The van der Waals surface area contributed by atoms with Crippen LogP contribution in [0.15, 0.2) is 47.4 Å². The van der Waals surface area contributed by atoms with Crippen LogP contribution in [0.2, 0.25) is 0 Å². The minimum absolute atomic E-state index is 0.180. The van der Waals surface area contributed by atoms with Crippen LogP contribution in [0.25, 0.3) is 0 Å². The van der Waals surface area contributed by atoms with E-state index in [1.807, 2.05) is 24.3 Å². The van der Waals surface area contributed by atoms with Crippen LogP contribution in [-0.4, -0.2) is 23.2 Å². The normalized spacial score (nSPS) is 16.0. The first kappa shape index (κ1) is 17.4. The van der Waals surface area contributed by atoms with Crippen molar-refractivity contribution < 1.29 is 14.3 Å². The zero-order valence-electron chi connectivity index (χ0n) is 14.3. The molecular weight excluding hydrogens is 336 g/mol. The maximum Gasteiger partial charge on any atom is 0.265 e. The predicted octanol–water partition coefficient (Wildman–Crippen LogP) is 4.16. The van der Waals surface area contributed by atoms with Crippen molar-refractivity contribution in [3.8, 4) is 5.75 Å². The number of anilines is 2. The van der Waals surface area contributed by atoms with Gasteiger partial charge in [-0.15, -0.1) is 11.8 Å². The van der Waals surface area contributed by atoms with Crippen molar-refractivity contribution >= 4 is 35.0 Å². The lowest BCUT2D eigenvalue weighted by Gasteiger charge is -2.23. The van der Waals surface area contributed by atoms with E-state index in [0.29, 0.717) is 27.9 Å². The number of nitrogens with one attached hydrogen (secondary N) is 2. The molecular formula is C19H20N2O3S. The summed E-state index contributed by atoms with van der Waals surface area (Å²) >= 11 is 1.65. The molecule has 2 aromatic rings. The van der Waals surface area contributed by atoms with Crippen molar-refractivity contribution in [2.45, 2.75) is 37.0 Å². The van der Waals surface area contributed by atoms with E-state index in [2.05, 4.69) is 24.5 Å². The maximum atomic E-state index is 12.7. The number of fused-ring (bicyclic) bond motifs is 1. The zero-order valence-corrected chi connectivity index (χ0v) is 15.1. The second-order valence-corrected chi connectivity index (χ2v) is 7.70. The van der Waals surface area contributed by atoms with Crippen LogP contribution >= 0.6 is 11.8 Å². The molecule has 0 saturated heterocycles. The lowest BCUT2D eigenvalue weighted by molar-refractivity contribution is -0.122. The van der Waals surface area contributed by atoms with Crippen molar-refractivity contribution in [1.29, 1.82) is 0 Å². The molecule has 2 aromatic carbocycles. The van der Waals surface area contributed by atoms with Gasteiger partial charge in [-0.1, -0.05) is 26.0 Å². The highest BCUT2D eigenvalue weighted by Crippen LogP contribution is 2.33. The van der Waals surface area contributed by atoms with E-state index in [-0.39, 0.29) is 11.8 Å². The number of ether oxygens (including phenoxy) is 1. The van der Waals surface area contributed by atoms with Gasteiger partial charge in [-0.25, -0.2) is 0 Å². The van der Waals surface area contributed by atoms with E-state index in [0.717, 1.165) is 4.90 Å². The van der Waals surface area contributed by atoms with Crippen molar-refractivity contribution in [3.05, 3.63) is 48.0 Å². The molecule has 3 rings (SSSR count). The molecule has 0 fully saturated rings. The molecule has 2 amide bonds. The molecule has 0 saturated carbocycles. The fraction of sp³-hybridized carbons (Fsp3) is 0.263. The molecule has 1 aliphatic heterocycles. The molecule has 0 spiro atoms. The van der Waals surface area contributed by atoms with E-state index in [1.165, 1.54) is 0 Å². The summed E-state index contributed by atoms with van der Waals surface area (Å²) in [4.78, 5) is 25.3. The Morgan fingerprint density at radius 2 is 2.00 bits per heavy atom. The van der Waals surface area contributed by atoms with Crippen molar-refractivity contribution in [2.24, 2.45) is 0 Å². The van der Waals surface area contributed by atoms with Gasteiger partial charge in [0.1, 0.15) is 5.75 Å². The van der Waals surface area contributed by atoms with Crippen molar-refractivity contribution in [2.75, 3.05) is 10.6 Å². The number of hydrogen-bond donors (Lipinski definition) is 2. The van der Waals surface area contributed by atoms with Gasteiger partial charge in [-0.05, 0) is 37.3 Å². The Morgan fingerprint density at radius 1 is 1.24 bits per heavy atom. The van der Waals surface area contributed by atoms with Crippen LogP contribution in [0.1, 0.15) is 31.1 Å². The zero-order chi connectivity index (χ0) is 18.0. The minimum Gasteiger partial charge on any atom is -0.479 e. The van der Waals surface area contributed by atoms with Crippen molar-refractivity contribution in [1.82, 2.24) is 0 Å². The predicted molar refractivity (Wildman–Crippen MR) is 101 cm³/mol. The third-order valence-electron chi connectivity index (χ3n) is 3.66.